The molecule has 0 fully saturated rings. The van der Waals surface area contributed by atoms with Crippen molar-refractivity contribution in [3.8, 4) is 11.1 Å². The van der Waals surface area contributed by atoms with Crippen molar-refractivity contribution in [3.05, 3.63) is 151 Å². The summed E-state index contributed by atoms with van der Waals surface area (Å²) in [5, 5.41) is 2.42. The second kappa shape index (κ2) is 10.0. The Morgan fingerprint density at radius 2 is 1.05 bits per heavy atom. The van der Waals surface area contributed by atoms with Gasteiger partial charge in [0, 0.05) is 21.5 Å². The van der Waals surface area contributed by atoms with Crippen LogP contribution in [0.2, 0.25) is 0 Å². The first kappa shape index (κ1) is 23.2. The van der Waals surface area contributed by atoms with Crippen molar-refractivity contribution in [2.75, 3.05) is 6.61 Å². The molecule has 0 bridgehead atoms. The first-order valence-electron chi connectivity index (χ1n) is 12.4. The van der Waals surface area contributed by atoms with E-state index in [1.165, 1.54) is 0 Å². The van der Waals surface area contributed by atoms with Gasteiger partial charge in [0.25, 0.3) is 0 Å². The van der Waals surface area contributed by atoms with Crippen LogP contribution >= 0.6 is 7.14 Å². The van der Waals surface area contributed by atoms with Crippen LogP contribution in [-0.4, -0.2) is 12.5 Å². The highest BCUT2D eigenvalue weighted by molar-refractivity contribution is 7.85. The average molecular weight is 500 g/mol. The number of rotatable bonds is 6. The molecule has 0 N–H and O–H groups in total. The fourth-order valence-electron chi connectivity index (χ4n) is 4.95. The molecule has 5 aromatic rings. The van der Waals surface area contributed by atoms with Gasteiger partial charge >= 0.3 is 0 Å². The summed E-state index contributed by atoms with van der Waals surface area (Å²) in [6.07, 6.45) is 0. The molecule has 0 spiro atoms. The molecule has 37 heavy (non-hydrogen) atoms. The van der Waals surface area contributed by atoms with Crippen molar-refractivity contribution in [2.45, 2.75) is 6.04 Å². The molecular formula is C33H26NO2P. The van der Waals surface area contributed by atoms with Crippen LogP contribution in [0, 0.1) is 0 Å². The van der Waals surface area contributed by atoms with Crippen LogP contribution in [-0.2, 0) is 9.30 Å². The van der Waals surface area contributed by atoms with Gasteiger partial charge in [0.2, 0.25) is 5.90 Å². The third kappa shape index (κ3) is 4.33. The van der Waals surface area contributed by atoms with Gasteiger partial charge in [0.05, 0.1) is 0 Å². The maximum Gasteiger partial charge on any atom is 0.217 e. The lowest BCUT2D eigenvalue weighted by atomic mass is 9.99. The van der Waals surface area contributed by atoms with Gasteiger partial charge in [-0.25, -0.2) is 4.99 Å². The molecule has 0 radical (unpaired) electrons. The fourth-order valence-corrected chi connectivity index (χ4v) is 7.82. The Kier molecular flexibility index (Phi) is 6.30. The van der Waals surface area contributed by atoms with Crippen LogP contribution in [0.4, 0.5) is 0 Å². The first-order chi connectivity index (χ1) is 18.2. The largest absolute Gasteiger partial charge is 0.475 e. The van der Waals surface area contributed by atoms with Crippen LogP contribution in [0.3, 0.4) is 0 Å². The quantitative estimate of drug-likeness (QED) is 0.250. The molecule has 180 valence electrons. The van der Waals surface area contributed by atoms with Gasteiger partial charge in [0.15, 0.2) is 7.14 Å². The lowest BCUT2D eigenvalue weighted by Crippen LogP contribution is -2.26. The third-order valence-electron chi connectivity index (χ3n) is 6.77. The predicted molar refractivity (Wildman–Crippen MR) is 153 cm³/mol. The molecule has 0 amide bonds. The van der Waals surface area contributed by atoms with E-state index in [0.717, 1.165) is 38.2 Å². The van der Waals surface area contributed by atoms with Crippen LogP contribution < -0.4 is 15.9 Å². The lowest BCUT2D eigenvalue weighted by molar-refractivity contribution is 0.320. The van der Waals surface area contributed by atoms with E-state index in [0.29, 0.717) is 12.5 Å². The summed E-state index contributed by atoms with van der Waals surface area (Å²) in [6.45, 7) is 0.502. The van der Waals surface area contributed by atoms with E-state index in [9.17, 15) is 0 Å². The number of ether oxygens (including phenoxy) is 1. The smallest absolute Gasteiger partial charge is 0.217 e. The highest BCUT2D eigenvalue weighted by atomic mass is 31.2. The zero-order valence-electron chi connectivity index (χ0n) is 20.3. The van der Waals surface area contributed by atoms with E-state index in [-0.39, 0.29) is 6.04 Å². The molecule has 0 unspecified atom stereocenters. The summed E-state index contributed by atoms with van der Waals surface area (Å²) >= 11 is 0. The Bertz CT molecular complexity index is 1550. The molecule has 6 rings (SSSR count). The van der Waals surface area contributed by atoms with E-state index in [1.807, 2.05) is 115 Å². The molecule has 5 aromatic carbocycles. The van der Waals surface area contributed by atoms with Crippen molar-refractivity contribution < 1.29 is 9.30 Å². The van der Waals surface area contributed by atoms with Gasteiger partial charge in [-0.3, -0.25) is 0 Å². The Morgan fingerprint density at radius 1 is 0.568 bits per heavy atom. The van der Waals surface area contributed by atoms with E-state index in [2.05, 4.69) is 24.3 Å². The Labute approximate surface area is 217 Å². The highest BCUT2D eigenvalue weighted by Crippen LogP contribution is 2.45. The predicted octanol–water partition coefficient (Wildman–Crippen LogP) is 6.51. The van der Waals surface area contributed by atoms with E-state index >= 15 is 4.57 Å². The number of benzene rings is 5. The summed E-state index contributed by atoms with van der Waals surface area (Å²) < 4.78 is 21.4. The second-order valence-electron chi connectivity index (χ2n) is 9.01. The Balaban J connectivity index is 1.52. The van der Waals surface area contributed by atoms with Crippen molar-refractivity contribution in [2.24, 2.45) is 4.99 Å². The molecule has 0 aromatic heterocycles. The van der Waals surface area contributed by atoms with Crippen LogP contribution in [0.1, 0.15) is 17.2 Å². The topological polar surface area (TPSA) is 38.7 Å². The minimum atomic E-state index is -3.17. The van der Waals surface area contributed by atoms with Crippen molar-refractivity contribution in [1.29, 1.82) is 0 Å². The maximum atomic E-state index is 15.2. The van der Waals surface area contributed by atoms with Crippen LogP contribution in [0.5, 0.6) is 0 Å². The molecule has 4 heteroatoms. The summed E-state index contributed by atoms with van der Waals surface area (Å²) in [5.41, 5.74) is 3.91. The van der Waals surface area contributed by atoms with E-state index < -0.39 is 7.14 Å². The van der Waals surface area contributed by atoms with Gasteiger partial charge in [-0.05, 0) is 22.8 Å². The minimum absolute atomic E-state index is 0.0424. The standard InChI is InChI=1S/C33H26NO2P/c35-37(26-16-6-2-7-17-26,27-18-8-3-9-19-27)32-23-13-12-21-29(32)28-20-10-11-22-30(28)33-34-31(24-36-33)25-14-4-1-5-15-25/h1-23,31H,24H2/t31-/m1/s1. The fraction of sp³-hybridized carbons (Fsp3) is 0.0606. The first-order valence-corrected chi connectivity index (χ1v) is 14.1. The molecule has 1 aliphatic rings. The van der Waals surface area contributed by atoms with E-state index in [4.69, 9.17) is 9.73 Å². The van der Waals surface area contributed by atoms with Gasteiger partial charge in [-0.2, -0.15) is 0 Å². The molecule has 1 aliphatic heterocycles. The molecule has 0 aliphatic carbocycles. The van der Waals surface area contributed by atoms with Gasteiger partial charge in [-0.15, -0.1) is 0 Å². The Hall–Kier alpha value is -4.20. The van der Waals surface area contributed by atoms with Crippen molar-refractivity contribution >= 4 is 29.0 Å². The maximum absolute atomic E-state index is 15.2. The SMILES string of the molecule is O=P(c1ccccc1)(c1ccccc1)c1ccccc1-c1ccccc1C1=N[C@@H](c2ccccc2)CO1. The summed E-state index contributed by atoms with van der Waals surface area (Å²) in [5.74, 6) is 0.619. The molecule has 0 saturated carbocycles. The summed E-state index contributed by atoms with van der Waals surface area (Å²) in [7, 11) is -3.17. The number of hydrogen-bond donors (Lipinski definition) is 0. The molecule has 1 atom stereocenters. The van der Waals surface area contributed by atoms with Gasteiger partial charge in [-0.1, -0.05) is 133 Å². The molecule has 1 heterocycles. The lowest BCUT2D eigenvalue weighted by Gasteiger charge is -2.23. The zero-order valence-corrected chi connectivity index (χ0v) is 21.2. The second-order valence-corrected chi connectivity index (χ2v) is 11.7. The van der Waals surface area contributed by atoms with Crippen molar-refractivity contribution in [1.82, 2.24) is 0 Å². The Morgan fingerprint density at radius 3 is 1.68 bits per heavy atom. The number of nitrogens with zero attached hydrogens (tertiary/aromatic N) is 1. The summed E-state index contributed by atoms with van der Waals surface area (Å²) in [6, 6.07) is 45.9. The molecule has 3 nitrogen and oxygen atoms in total. The van der Waals surface area contributed by atoms with Gasteiger partial charge < -0.3 is 9.30 Å². The number of aliphatic imine (C=N–C) groups is 1. The monoisotopic (exact) mass is 499 g/mol. The van der Waals surface area contributed by atoms with Gasteiger partial charge in [0.1, 0.15) is 12.6 Å². The zero-order chi connectivity index (χ0) is 25.1. The average Bonchev–Trinajstić information content (AvgIpc) is 3.49. The normalized spacial score (nSPS) is 15.1. The highest BCUT2D eigenvalue weighted by Gasteiger charge is 2.33. The van der Waals surface area contributed by atoms with E-state index in [1.54, 1.807) is 0 Å². The van der Waals surface area contributed by atoms with Crippen molar-refractivity contribution in [3.63, 3.8) is 0 Å². The third-order valence-corrected chi connectivity index (χ3v) is 9.89. The molecular weight excluding hydrogens is 473 g/mol. The summed E-state index contributed by atoms with van der Waals surface area (Å²) in [4.78, 5) is 4.95. The van der Waals surface area contributed by atoms with Crippen LogP contribution in [0.25, 0.3) is 11.1 Å². The minimum Gasteiger partial charge on any atom is -0.475 e. The number of hydrogen-bond acceptors (Lipinski definition) is 3. The molecule has 0 saturated heterocycles. The van der Waals surface area contributed by atoms with Crippen LogP contribution in [0.15, 0.2) is 145 Å².